The van der Waals surface area contributed by atoms with Crippen LogP contribution in [0.2, 0.25) is 4.34 Å². The smallest absolute Gasteiger partial charge is 0.314 e. The molecule has 1 aliphatic heterocycles. The van der Waals surface area contributed by atoms with E-state index >= 15 is 0 Å². The minimum atomic E-state index is -4.08. The predicted octanol–water partition coefficient (Wildman–Crippen LogP) is 3.56. The molecule has 0 unspecified atom stereocenters. The van der Waals surface area contributed by atoms with Crippen molar-refractivity contribution in [1.82, 2.24) is 10.2 Å². The van der Waals surface area contributed by atoms with Gasteiger partial charge in [-0.15, -0.1) is 11.3 Å². The van der Waals surface area contributed by atoms with Crippen LogP contribution in [0, 0.1) is 0 Å². The average molecular weight is 327 g/mol. The maximum Gasteiger partial charge on any atom is 0.401 e. The zero-order chi connectivity index (χ0) is 14.6. The molecule has 0 bridgehead atoms. The van der Waals surface area contributed by atoms with Crippen molar-refractivity contribution in [2.75, 3.05) is 26.2 Å². The van der Waals surface area contributed by atoms with Gasteiger partial charge < -0.3 is 5.32 Å². The molecule has 1 saturated heterocycles. The van der Waals surface area contributed by atoms with Crippen molar-refractivity contribution in [2.45, 2.75) is 31.5 Å². The summed E-state index contributed by atoms with van der Waals surface area (Å²) in [6.07, 6.45) is -1.61. The van der Waals surface area contributed by atoms with E-state index in [0.29, 0.717) is 19.1 Å². The molecule has 0 atom stereocenters. The highest BCUT2D eigenvalue weighted by Crippen LogP contribution is 2.22. The second-order valence-corrected chi connectivity index (χ2v) is 6.88. The first-order valence-electron chi connectivity index (χ1n) is 6.69. The van der Waals surface area contributed by atoms with Crippen LogP contribution in [0.25, 0.3) is 0 Å². The summed E-state index contributed by atoms with van der Waals surface area (Å²) in [5.74, 6) is 0. The molecule has 1 aliphatic rings. The fourth-order valence-corrected chi connectivity index (χ4v) is 3.52. The first-order valence-corrected chi connectivity index (χ1v) is 7.88. The summed E-state index contributed by atoms with van der Waals surface area (Å²) >= 11 is 7.43. The molecule has 20 heavy (non-hydrogen) atoms. The Kier molecular flexibility index (Phi) is 5.72. The second kappa shape index (κ2) is 7.11. The first kappa shape index (κ1) is 16.1. The van der Waals surface area contributed by atoms with Crippen molar-refractivity contribution in [3.05, 3.63) is 21.3 Å². The highest BCUT2D eigenvalue weighted by molar-refractivity contribution is 7.16. The average Bonchev–Trinajstić information content (AvgIpc) is 2.75. The van der Waals surface area contributed by atoms with E-state index in [1.54, 1.807) is 11.3 Å². The number of thiophene rings is 1. The van der Waals surface area contributed by atoms with E-state index < -0.39 is 12.7 Å². The van der Waals surface area contributed by atoms with Gasteiger partial charge in [-0.3, -0.25) is 4.90 Å². The van der Waals surface area contributed by atoms with Gasteiger partial charge in [-0.25, -0.2) is 0 Å². The van der Waals surface area contributed by atoms with Crippen LogP contribution in [0.4, 0.5) is 13.2 Å². The van der Waals surface area contributed by atoms with E-state index in [1.165, 1.54) is 9.78 Å². The van der Waals surface area contributed by atoms with Crippen LogP contribution in [0.1, 0.15) is 17.7 Å². The maximum atomic E-state index is 12.3. The van der Waals surface area contributed by atoms with E-state index in [2.05, 4.69) is 5.32 Å². The third-order valence-corrected chi connectivity index (χ3v) is 4.71. The van der Waals surface area contributed by atoms with E-state index in [-0.39, 0.29) is 0 Å². The fraction of sp³-hybridized carbons (Fsp3) is 0.692. The Morgan fingerprint density at radius 2 is 2.00 bits per heavy atom. The monoisotopic (exact) mass is 326 g/mol. The minimum absolute atomic E-state index is 0.329. The van der Waals surface area contributed by atoms with Gasteiger partial charge in [-0.1, -0.05) is 11.6 Å². The first-order chi connectivity index (χ1) is 9.42. The lowest BCUT2D eigenvalue weighted by atomic mass is 10.0. The highest BCUT2D eigenvalue weighted by Gasteiger charge is 2.32. The molecular weight excluding hydrogens is 309 g/mol. The Balaban J connectivity index is 1.62. The van der Waals surface area contributed by atoms with Gasteiger partial charge in [0.15, 0.2) is 0 Å². The van der Waals surface area contributed by atoms with Crippen molar-refractivity contribution in [3.63, 3.8) is 0 Å². The molecular formula is C13H18ClF3N2S. The molecule has 2 rings (SSSR count). The quantitative estimate of drug-likeness (QED) is 0.890. The lowest BCUT2D eigenvalue weighted by molar-refractivity contribution is -0.148. The Labute approximate surface area is 125 Å². The number of nitrogens with zero attached hydrogens (tertiary/aromatic N) is 1. The molecule has 2 heterocycles. The lowest BCUT2D eigenvalue weighted by Gasteiger charge is -2.32. The van der Waals surface area contributed by atoms with Crippen molar-refractivity contribution < 1.29 is 13.2 Å². The largest absolute Gasteiger partial charge is 0.401 e. The van der Waals surface area contributed by atoms with Crippen LogP contribution in [0.3, 0.4) is 0 Å². The molecule has 0 radical (unpaired) electrons. The van der Waals surface area contributed by atoms with Gasteiger partial charge >= 0.3 is 6.18 Å². The number of likely N-dealkylation sites (tertiary alicyclic amines) is 1. The predicted molar refractivity (Wildman–Crippen MR) is 76.6 cm³/mol. The van der Waals surface area contributed by atoms with E-state index in [9.17, 15) is 13.2 Å². The molecule has 0 saturated carbocycles. The fourth-order valence-electron chi connectivity index (χ4n) is 2.43. The van der Waals surface area contributed by atoms with Gasteiger partial charge in [0, 0.05) is 17.5 Å². The van der Waals surface area contributed by atoms with Gasteiger partial charge in [0.05, 0.1) is 10.9 Å². The topological polar surface area (TPSA) is 15.3 Å². The summed E-state index contributed by atoms with van der Waals surface area (Å²) in [5, 5.41) is 3.42. The van der Waals surface area contributed by atoms with Gasteiger partial charge in [0.2, 0.25) is 0 Å². The molecule has 114 valence electrons. The molecule has 1 fully saturated rings. The van der Waals surface area contributed by atoms with Gasteiger partial charge in [-0.2, -0.15) is 13.2 Å². The van der Waals surface area contributed by atoms with Gasteiger partial charge in [0.1, 0.15) is 0 Å². The van der Waals surface area contributed by atoms with Crippen LogP contribution in [0.5, 0.6) is 0 Å². The third kappa shape index (κ3) is 5.60. The number of nitrogens with one attached hydrogen (secondary N) is 1. The minimum Gasteiger partial charge on any atom is -0.314 e. The molecule has 2 nitrogen and oxygen atoms in total. The van der Waals surface area contributed by atoms with Crippen molar-refractivity contribution in [3.8, 4) is 0 Å². The molecule has 1 aromatic heterocycles. The SMILES string of the molecule is FC(F)(F)CN1CCC(NCCc2ccc(Cl)s2)CC1. The van der Waals surface area contributed by atoms with E-state index in [0.717, 1.165) is 30.1 Å². The molecule has 0 aliphatic carbocycles. The number of halogens is 4. The van der Waals surface area contributed by atoms with Crippen LogP contribution in [-0.4, -0.2) is 43.3 Å². The number of rotatable bonds is 5. The summed E-state index contributed by atoms with van der Waals surface area (Å²) in [7, 11) is 0. The van der Waals surface area contributed by atoms with Crippen LogP contribution in [0.15, 0.2) is 12.1 Å². The van der Waals surface area contributed by atoms with E-state index in [1.807, 2.05) is 12.1 Å². The summed E-state index contributed by atoms with van der Waals surface area (Å²) < 4.78 is 37.6. The number of alkyl halides is 3. The Morgan fingerprint density at radius 3 is 2.55 bits per heavy atom. The standard InChI is InChI=1S/C13H18ClF3N2S/c14-12-2-1-11(20-12)3-6-18-10-4-7-19(8-5-10)9-13(15,16)17/h1-2,10,18H,3-9H2. The summed E-state index contributed by atoms with van der Waals surface area (Å²) in [5.41, 5.74) is 0. The second-order valence-electron chi connectivity index (χ2n) is 5.08. The lowest BCUT2D eigenvalue weighted by Crippen LogP contribution is -2.45. The summed E-state index contributed by atoms with van der Waals surface area (Å²) in [6.45, 7) is 1.10. The van der Waals surface area contributed by atoms with Gasteiger partial charge in [0.25, 0.3) is 0 Å². The zero-order valence-corrected chi connectivity index (χ0v) is 12.6. The molecule has 0 aromatic carbocycles. The third-order valence-electron chi connectivity index (χ3n) is 3.42. The van der Waals surface area contributed by atoms with Crippen molar-refractivity contribution in [1.29, 1.82) is 0 Å². The van der Waals surface area contributed by atoms with Crippen LogP contribution < -0.4 is 5.32 Å². The van der Waals surface area contributed by atoms with Crippen LogP contribution in [-0.2, 0) is 6.42 Å². The highest BCUT2D eigenvalue weighted by atomic mass is 35.5. The Morgan fingerprint density at radius 1 is 1.30 bits per heavy atom. The van der Waals surface area contributed by atoms with Crippen LogP contribution >= 0.6 is 22.9 Å². The van der Waals surface area contributed by atoms with E-state index in [4.69, 9.17) is 11.6 Å². The zero-order valence-electron chi connectivity index (χ0n) is 11.0. The molecule has 1 N–H and O–H groups in total. The summed E-state index contributed by atoms with van der Waals surface area (Å²) in [4.78, 5) is 2.72. The van der Waals surface area contributed by atoms with Crippen molar-refractivity contribution in [2.24, 2.45) is 0 Å². The van der Waals surface area contributed by atoms with Gasteiger partial charge in [-0.05, 0) is 44.5 Å². The maximum absolute atomic E-state index is 12.3. The Bertz CT molecular complexity index is 414. The van der Waals surface area contributed by atoms with Crippen molar-refractivity contribution >= 4 is 22.9 Å². The Hall–Kier alpha value is -0.300. The normalized spacial score (nSPS) is 18.6. The molecule has 1 aromatic rings. The summed E-state index contributed by atoms with van der Waals surface area (Å²) in [6, 6.07) is 4.23. The molecule has 7 heteroatoms. The number of hydrogen-bond donors (Lipinski definition) is 1. The molecule has 0 spiro atoms. The number of hydrogen-bond acceptors (Lipinski definition) is 3. The molecule has 0 amide bonds. The number of piperidine rings is 1.